The van der Waals surface area contributed by atoms with Crippen molar-refractivity contribution >= 4 is 0 Å². The van der Waals surface area contributed by atoms with Gasteiger partial charge < -0.3 is 5.32 Å². The Morgan fingerprint density at radius 1 is 1.17 bits per heavy atom. The Bertz CT molecular complexity index is 405. The van der Waals surface area contributed by atoms with E-state index in [9.17, 15) is 8.78 Å². The molecular weight excluding hydrogens is 232 g/mol. The average molecular weight is 251 g/mol. The number of hydrogen-bond acceptors (Lipinski definition) is 1. The Balaban J connectivity index is 1.49. The van der Waals surface area contributed by atoms with Crippen molar-refractivity contribution in [3.05, 3.63) is 35.4 Å². The fourth-order valence-corrected chi connectivity index (χ4v) is 3.25. The van der Waals surface area contributed by atoms with Crippen molar-refractivity contribution in [2.75, 3.05) is 6.54 Å². The van der Waals surface area contributed by atoms with E-state index in [4.69, 9.17) is 0 Å². The van der Waals surface area contributed by atoms with Crippen LogP contribution in [0.4, 0.5) is 8.78 Å². The van der Waals surface area contributed by atoms with Gasteiger partial charge in [-0.25, -0.2) is 8.78 Å². The fraction of sp³-hybridized carbons (Fsp3) is 0.600. The summed E-state index contributed by atoms with van der Waals surface area (Å²) in [4.78, 5) is 0. The summed E-state index contributed by atoms with van der Waals surface area (Å²) >= 11 is 0. The summed E-state index contributed by atoms with van der Waals surface area (Å²) in [6, 6.07) is 8.91. The SMILES string of the molecule is FC1(F)CCC(CNC2Cc3ccccc3C2)C1. The van der Waals surface area contributed by atoms with Crippen LogP contribution in [0.5, 0.6) is 0 Å². The van der Waals surface area contributed by atoms with Gasteiger partial charge >= 0.3 is 0 Å². The van der Waals surface area contributed by atoms with Crippen molar-refractivity contribution < 1.29 is 8.78 Å². The first-order valence-electron chi connectivity index (χ1n) is 6.80. The molecule has 2 aliphatic carbocycles. The number of rotatable bonds is 3. The molecule has 0 bridgehead atoms. The molecule has 0 saturated heterocycles. The first-order chi connectivity index (χ1) is 8.62. The van der Waals surface area contributed by atoms with Crippen LogP contribution >= 0.6 is 0 Å². The van der Waals surface area contributed by atoms with E-state index in [0.29, 0.717) is 12.5 Å². The third kappa shape index (κ3) is 2.56. The molecule has 1 atom stereocenters. The quantitative estimate of drug-likeness (QED) is 0.870. The van der Waals surface area contributed by atoms with Gasteiger partial charge in [-0.15, -0.1) is 0 Å². The first-order valence-corrected chi connectivity index (χ1v) is 6.80. The maximum atomic E-state index is 13.1. The minimum Gasteiger partial charge on any atom is -0.313 e. The third-order valence-corrected chi connectivity index (χ3v) is 4.25. The highest BCUT2D eigenvalue weighted by Crippen LogP contribution is 2.38. The minimum absolute atomic E-state index is 0.0691. The zero-order valence-corrected chi connectivity index (χ0v) is 10.5. The second-order valence-corrected chi connectivity index (χ2v) is 5.75. The topological polar surface area (TPSA) is 12.0 Å². The molecule has 1 aromatic rings. The second-order valence-electron chi connectivity index (χ2n) is 5.75. The van der Waals surface area contributed by atoms with Crippen LogP contribution in [0.1, 0.15) is 30.4 Å². The van der Waals surface area contributed by atoms with Crippen LogP contribution < -0.4 is 5.32 Å². The van der Waals surface area contributed by atoms with Crippen molar-refractivity contribution in [2.45, 2.75) is 44.1 Å². The summed E-state index contributed by atoms with van der Waals surface area (Å²) in [5.41, 5.74) is 2.82. The molecule has 18 heavy (non-hydrogen) atoms. The summed E-state index contributed by atoms with van der Waals surface area (Å²) in [6.45, 7) is 0.744. The highest BCUT2D eigenvalue weighted by atomic mass is 19.3. The zero-order chi connectivity index (χ0) is 12.6. The average Bonchev–Trinajstić information content (AvgIpc) is 2.89. The van der Waals surface area contributed by atoms with E-state index in [1.807, 2.05) is 0 Å². The van der Waals surface area contributed by atoms with Crippen LogP contribution in [0.15, 0.2) is 24.3 Å². The lowest BCUT2D eigenvalue weighted by Gasteiger charge is -2.16. The maximum Gasteiger partial charge on any atom is 0.248 e. The van der Waals surface area contributed by atoms with E-state index in [0.717, 1.165) is 19.4 Å². The van der Waals surface area contributed by atoms with Gasteiger partial charge in [0.15, 0.2) is 0 Å². The molecule has 1 saturated carbocycles. The summed E-state index contributed by atoms with van der Waals surface area (Å²) in [6.07, 6.45) is 2.89. The predicted octanol–water partition coefficient (Wildman–Crippen LogP) is 3.18. The Hall–Kier alpha value is -0.960. The van der Waals surface area contributed by atoms with Crippen molar-refractivity contribution in [1.82, 2.24) is 5.32 Å². The molecule has 1 fully saturated rings. The lowest BCUT2D eigenvalue weighted by Crippen LogP contribution is -2.33. The van der Waals surface area contributed by atoms with Crippen molar-refractivity contribution in [1.29, 1.82) is 0 Å². The van der Waals surface area contributed by atoms with Gasteiger partial charge in [-0.3, -0.25) is 0 Å². The van der Waals surface area contributed by atoms with Gasteiger partial charge in [0.2, 0.25) is 5.92 Å². The number of benzene rings is 1. The van der Waals surface area contributed by atoms with Gasteiger partial charge in [-0.2, -0.15) is 0 Å². The van der Waals surface area contributed by atoms with Crippen LogP contribution in [0.3, 0.4) is 0 Å². The van der Waals surface area contributed by atoms with E-state index >= 15 is 0 Å². The smallest absolute Gasteiger partial charge is 0.248 e. The number of nitrogens with one attached hydrogen (secondary N) is 1. The number of hydrogen-bond donors (Lipinski definition) is 1. The summed E-state index contributed by atoms with van der Waals surface area (Å²) in [5, 5.41) is 3.47. The van der Waals surface area contributed by atoms with E-state index in [-0.39, 0.29) is 18.8 Å². The standard InChI is InChI=1S/C15H19F2N/c16-15(17)6-5-11(9-15)10-18-14-7-12-3-1-2-4-13(12)8-14/h1-4,11,14,18H,5-10H2. The van der Waals surface area contributed by atoms with Gasteiger partial charge in [-0.1, -0.05) is 24.3 Å². The largest absolute Gasteiger partial charge is 0.313 e. The van der Waals surface area contributed by atoms with Gasteiger partial charge in [0.1, 0.15) is 0 Å². The van der Waals surface area contributed by atoms with Gasteiger partial charge in [0.25, 0.3) is 0 Å². The minimum atomic E-state index is -2.41. The molecule has 0 heterocycles. The van der Waals surface area contributed by atoms with Gasteiger partial charge in [0, 0.05) is 18.9 Å². The Labute approximate surface area is 107 Å². The number of alkyl halides is 2. The van der Waals surface area contributed by atoms with Crippen LogP contribution in [-0.2, 0) is 12.8 Å². The zero-order valence-electron chi connectivity index (χ0n) is 10.5. The van der Waals surface area contributed by atoms with Crippen LogP contribution in [0.2, 0.25) is 0 Å². The molecule has 1 aromatic carbocycles. The van der Waals surface area contributed by atoms with E-state index in [1.165, 1.54) is 11.1 Å². The van der Waals surface area contributed by atoms with Crippen LogP contribution in [-0.4, -0.2) is 18.5 Å². The molecule has 0 aromatic heterocycles. The summed E-state index contributed by atoms with van der Waals surface area (Å²) < 4.78 is 26.2. The second kappa shape index (κ2) is 4.61. The molecule has 1 unspecified atom stereocenters. The summed E-state index contributed by atoms with van der Waals surface area (Å²) in [5.74, 6) is -2.26. The van der Waals surface area contributed by atoms with Gasteiger partial charge in [0.05, 0.1) is 0 Å². The molecule has 0 radical (unpaired) electrons. The molecule has 3 rings (SSSR count). The van der Waals surface area contributed by atoms with Crippen molar-refractivity contribution in [3.8, 4) is 0 Å². The Morgan fingerprint density at radius 2 is 1.83 bits per heavy atom. The molecule has 0 amide bonds. The molecule has 1 N–H and O–H groups in total. The predicted molar refractivity (Wildman–Crippen MR) is 67.9 cm³/mol. The van der Waals surface area contributed by atoms with Crippen LogP contribution in [0.25, 0.3) is 0 Å². The van der Waals surface area contributed by atoms with E-state index in [2.05, 4.69) is 29.6 Å². The molecular formula is C15H19F2N. The first kappa shape index (κ1) is 12.1. The monoisotopic (exact) mass is 251 g/mol. The normalized spacial score (nSPS) is 26.4. The molecule has 98 valence electrons. The Kier molecular flexibility index (Phi) is 3.10. The van der Waals surface area contributed by atoms with Crippen LogP contribution in [0, 0.1) is 5.92 Å². The number of fused-ring (bicyclic) bond motifs is 1. The highest BCUT2D eigenvalue weighted by molar-refractivity contribution is 5.33. The molecule has 1 nitrogen and oxygen atoms in total. The van der Waals surface area contributed by atoms with Crippen molar-refractivity contribution in [2.24, 2.45) is 5.92 Å². The van der Waals surface area contributed by atoms with Crippen molar-refractivity contribution in [3.63, 3.8) is 0 Å². The lowest BCUT2D eigenvalue weighted by molar-refractivity contribution is 0.00499. The van der Waals surface area contributed by atoms with E-state index < -0.39 is 5.92 Å². The van der Waals surface area contributed by atoms with E-state index in [1.54, 1.807) is 0 Å². The molecule has 0 spiro atoms. The maximum absolute atomic E-state index is 13.1. The molecule has 2 aliphatic rings. The van der Waals surface area contributed by atoms with Gasteiger partial charge in [-0.05, 0) is 42.9 Å². The lowest BCUT2D eigenvalue weighted by atomic mass is 10.1. The summed E-state index contributed by atoms with van der Waals surface area (Å²) in [7, 11) is 0. The molecule has 3 heteroatoms. The third-order valence-electron chi connectivity index (χ3n) is 4.25. The highest BCUT2D eigenvalue weighted by Gasteiger charge is 2.39. The molecule has 0 aliphatic heterocycles. The Morgan fingerprint density at radius 3 is 2.39 bits per heavy atom. The fourth-order valence-electron chi connectivity index (χ4n) is 3.25. The number of halogens is 2.